The lowest BCUT2D eigenvalue weighted by atomic mass is 10.1. The van der Waals surface area contributed by atoms with Crippen LogP contribution in [0.2, 0.25) is 0 Å². The number of anilines is 1. The molecule has 0 spiro atoms. The Bertz CT molecular complexity index is 677. The molecular formula is C14H16F3IN4S. The summed E-state index contributed by atoms with van der Waals surface area (Å²) < 4.78 is 37.3. The number of benzene rings is 1. The maximum Gasteiger partial charge on any atom is 0.434 e. The molecule has 0 fully saturated rings. The highest BCUT2D eigenvalue weighted by Crippen LogP contribution is 2.30. The second-order valence-corrected chi connectivity index (χ2v) is 5.77. The highest BCUT2D eigenvalue weighted by molar-refractivity contribution is 14.0. The zero-order valence-electron chi connectivity index (χ0n) is 12.4. The molecular weight excluding hydrogens is 440 g/mol. The van der Waals surface area contributed by atoms with E-state index in [2.05, 4.69) is 15.3 Å². The fourth-order valence-electron chi connectivity index (χ4n) is 1.90. The van der Waals surface area contributed by atoms with Crippen LogP contribution >= 0.6 is 35.3 Å². The van der Waals surface area contributed by atoms with Gasteiger partial charge in [-0.1, -0.05) is 6.07 Å². The molecule has 126 valence electrons. The average molecular weight is 456 g/mol. The molecule has 2 aromatic rings. The number of halogens is 4. The molecule has 4 nitrogen and oxygen atoms in total. The van der Waals surface area contributed by atoms with Crippen molar-refractivity contribution in [1.82, 2.24) is 4.98 Å². The summed E-state index contributed by atoms with van der Waals surface area (Å²) in [4.78, 5) is 7.50. The lowest BCUT2D eigenvalue weighted by Gasteiger charge is -2.07. The molecule has 0 unspecified atom stereocenters. The van der Waals surface area contributed by atoms with Gasteiger partial charge in [0.05, 0.1) is 6.54 Å². The van der Waals surface area contributed by atoms with Gasteiger partial charge < -0.3 is 11.1 Å². The summed E-state index contributed by atoms with van der Waals surface area (Å²) >= 11 is 0.908. The number of aryl methyl sites for hydroxylation is 2. The van der Waals surface area contributed by atoms with Gasteiger partial charge in [0, 0.05) is 11.1 Å². The maximum atomic E-state index is 12.4. The first-order valence-corrected chi connectivity index (χ1v) is 7.29. The van der Waals surface area contributed by atoms with Crippen LogP contribution in [-0.4, -0.2) is 10.9 Å². The molecule has 1 aromatic heterocycles. The molecule has 0 aliphatic rings. The van der Waals surface area contributed by atoms with Crippen LogP contribution in [0.3, 0.4) is 0 Å². The number of nitrogens with one attached hydrogen (secondary N) is 1. The Morgan fingerprint density at radius 3 is 2.39 bits per heavy atom. The number of guanidine groups is 1. The number of aromatic nitrogens is 1. The standard InChI is InChI=1S/C14H15F3N4S.HI/c1-8-3-9(2)5-10(4-8)20-13(18)19-6-12-21-11(7-22-12)14(15,16)17;/h3-5,7H,6H2,1-2H3,(H3,18,19,20);1H. The van der Waals surface area contributed by atoms with Gasteiger partial charge >= 0.3 is 6.18 Å². The van der Waals surface area contributed by atoms with Crippen molar-refractivity contribution in [2.75, 3.05) is 5.32 Å². The zero-order chi connectivity index (χ0) is 16.3. The topological polar surface area (TPSA) is 63.3 Å². The summed E-state index contributed by atoms with van der Waals surface area (Å²) in [6.45, 7) is 3.92. The van der Waals surface area contributed by atoms with Crippen LogP contribution in [0.25, 0.3) is 0 Å². The first-order valence-electron chi connectivity index (χ1n) is 6.41. The molecule has 0 saturated heterocycles. The van der Waals surface area contributed by atoms with Crippen molar-refractivity contribution < 1.29 is 13.2 Å². The first kappa shape index (κ1) is 19.7. The fraction of sp³-hybridized carbons (Fsp3) is 0.286. The van der Waals surface area contributed by atoms with Crippen molar-refractivity contribution in [3.05, 3.63) is 45.4 Å². The van der Waals surface area contributed by atoms with Gasteiger partial charge in [0.2, 0.25) is 0 Å². The van der Waals surface area contributed by atoms with Crippen molar-refractivity contribution in [2.24, 2.45) is 10.7 Å². The van der Waals surface area contributed by atoms with Gasteiger partial charge in [-0.05, 0) is 37.1 Å². The van der Waals surface area contributed by atoms with Gasteiger partial charge in [-0.15, -0.1) is 35.3 Å². The van der Waals surface area contributed by atoms with Crippen molar-refractivity contribution in [1.29, 1.82) is 0 Å². The second kappa shape index (κ2) is 7.95. The van der Waals surface area contributed by atoms with Gasteiger partial charge in [-0.2, -0.15) is 13.2 Å². The fourth-order valence-corrected chi connectivity index (χ4v) is 2.62. The van der Waals surface area contributed by atoms with E-state index in [4.69, 9.17) is 5.73 Å². The van der Waals surface area contributed by atoms with Crippen molar-refractivity contribution in [2.45, 2.75) is 26.6 Å². The quantitative estimate of drug-likeness (QED) is 0.411. The van der Waals surface area contributed by atoms with Crippen LogP contribution in [0.5, 0.6) is 0 Å². The average Bonchev–Trinajstić information content (AvgIpc) is 2.83. The highest BCUT2D eigenvalue weighted by atomic mass is 127. The molecule has 2 rings (SSSR count). The summed E-state index contributed by atoms with van der Waals surface area (Å²) in [5.74, 6) is 0.133. The number of rotatable bonds is 3. The van der Waals surface area contributed by atoms with E-state index in [1.165, 1.54) is 0 Å². The molecule has 1 aromatic carbocycles. The lowest BCUT2D eigenvalue weighted by Crippen LogP contribution is -2.22. The van der Waals surface area contributed by atoms with E-state index in [0.717, 1.165) is 33.5 Å². The van der Waals surface area contributed by atoms with E-state index in [1.807, 2.05) is 32.0 Å². The van der Waals surface area contributed by atoms with Crippen LogP contribution in [0.15, 0.2) is 28.6 Å². The minimum atomic E-state index is -4.43. The molecule has 0 saturated carbocycles. The normalized spacial score (nSPS) is 12.0. The van der Waals surface area contributed by atoms with Gasteiger partial charge in [0.15, 0.2) is 11.7 Å². The van der Waals surface area contributed by atoms with Crippen LogP contribution in [0.1, 0.15) is 21.8 Å². The second-order valence-electron chi connectivity index (χ2n) is 4.83. The van der Waals surface area contributed by atoms with E-state index < -0.39 is 11.9 Å². The Hall–Kier alpha value is -1.36. The Morgan fingerprint density at radius 2 is 1.87 bits per heavy atom. The Balaban J connectivity index is 0.00000264. The SMILES string of the molecule is Cc1cc(C)cc(NC(N)=NCc2nc(C(F)(F)F)cs2)c1.I. The van der Waals surface area contributed by atoms with Crippen molar-refractivity contribution >= 4 is 47.0 Å². The van der Waals surface area contributed by atoms with E-state index in [9.17, 15) is 13.2 Å². The lowest BCUT2D eigenvalue weighted by molar-refractivity contribution is -0.140. The molecule has 0 radical (unpaired) electrons. The number of aliphatic imine (C=N–C) groups is 1. The molecule has 0 bridgehead atoms. The van der Waals surface area contributed by atoms with Crippen LogP contribution < -0.4 is 11.1 Å². The molecule has 3 N–H and O–H groups in total. The molecule has 0 atom stereocenters. The Labute approximate surface area is 153 Å². The Morgan fingerprint density at radius 1 is 1.26 bits per heavy atom. The third-order valence-corrected chi connectivity index (χ3v) is 3.55. The number of alkyl halides is 3. The molecule has 0 amide bonds. The number of nitrogens with zero attached hydrogens (tertiary/aromatic N) is 2. The molecule has 0 aliphatic heterocycles. The van der Waals surface area contributed by atoms with Crippen LogP contribution in [0.4, 0.5) is 18.9 Å². The monoisotopic (exact) mass is 456 g/mol. The predicted octanol–water partition coefficient (Wildman–Crippen LogP) is 4.32. The summed E-state index contributed by atoms with van der Waals surface area (Å²) in [5.41, 5.74) is 7.77. The van der Waals surface area contributed by atoms with Crippen molar-refractivity contribution in [3.63, 3.8) is 0 Å². The minimum Gasteiger partial charge on any atom is -0.370 e. The Kier molecular flexibility index (Phi) is 6.81. The van der Waals surface area contributed by atoms with Gasteiger partial charge in [0.1, 0.15) is 5.01 Å². The number of hydrogen-bond donors (Lipinski definition) is 2. The predicted molar refractivity (Wildman–Crippen MR) is 97.4 cm³/mol. The van der Waals surface area contributed by atoms with Crippen molar-refractivity contribution in [3.8, 4) is 0 Å². The minimum absolute atomic E-state index is 0. The molecule has 23 heavy (non-hydrogen) atoms. The largest absolute Gasteiger partial charge is 0.434 e. The molecule has 0 aliphatic carbocycles. The number of hydrogen-bond acceptors (Lipinski definition) is 3. The summed E-state index contributed by atoms with van der Waals surface area (Å²) in [6, 6.07) is 5.83. The van der Waals surface area contributed by atoms with Gasteiger partial charge in [0.25, 0.3) is 0 Å². The van der Waals surface area contributed by atoms with E-state index in [0.29, 0.717) is 0 Å². The highest BCUT2D eigenvalue weighted by Gasteiger charge is 2.33. The van der Waals surface area contributed by atoms with Gasteiger partial charge in [-0.25, -0.2) is 9.98 Å². The maximum absolute atomic E-state index is 12.4. The summed E-state index contributed by atoms with van der Waals surface area (Å²) in [5, 5.41) is 4.15. The smallest absolute Gasteiger partial charge is 0.370 e. The van der Waals surface area contributed by atoms with Crippen LogP contribution in [-0.2, 0) is 12.7 Å². The first-order chi connectivity index (χ1) is 10.2. The van der Waals surface area contributed by atoms with Gasteiger partial charge in [-0.3, -0.25) is 0 Å². The molecule has 9 heteroatoms. The summed E-state index contributed by atoms with van der Waals surface area (Å²) in [7, 11) is 0. The zero-order valence-corrected chi connectivity index (χ0v) is 15.6. The van der Waals surface area contributed by atoms with E-state index >= 15 is 0 Å². The van der Waals surface area contributed by atoms with E-state index in [1.54, 1.807) is 0 Å². The number of nitrogens with two attached hydrogens (primary N) is 1. The summed E-state index contributed by atoms with van der Waals surface area (Å²) in [6.07, 6.45) is -4.43. The third-order valence-electron chi connectivity index (χ3n) is 2.72. The third kappa shape index (κ3) is 5.98. The molecule has 1 heterocycles. The van der Waals surface area contributed by atoms with Crippen LogP contribution in [0, 0.1) is 13.8 Å². The van der Waals surface area contributed by atoms with E-state index in [-0.39, 0.29) is 41.5 Å². The number of thiazole rings is 1.